The number of benzene rings is 1. The van der Waals surface area contributed by atoms with E-state index in [9.17, 15) is 0 Å². The molecule has 2 rings (SSSR count). The van der Waals surface area contributed by atoms with Gasteiger partial charge in [0.25, 0.3) is 0 Å². The maximum absolute atomic E-state index is 3.47. The predicted molar refractivity (Wildman–Crippen MR) is 60.8 cm³/mol. The average Bonchev–Trinajstić information content (AvgIpc) is 2.58. The van der Waals surface area contributed by atoms with E-state index in [1.807, 2.05) is 0 Å². The Kier molecular flexibility index (Phi) is 2.89. The Labute approximate surface area is 87.9 Å². The van der Waals surface area contributed by atoms with E-state index in [2.05, 4.69) is 45.1 Å². The van der Waals surface area contributed by atoms with Crippen LogP contribution >= 0.6 is 15.9 Å². The molecule has 0 amide bonds. The second-order valence-electron chi connectivity index (χ2n) is 3.41. The van der Waals surface area contributed by atoms with Gasteiger partial charge in [-0.1, -0.05) is 34.1 Å². The van der Waals surface area contributed by atoms with Gasteiger partial charge < -0.3 is 4.90 Å². The minimum atomic E-state index is 1.10. The van der Waals surface area contributed by atoms with Gasteiger partial charge in [-0.3, -0.25) is 0 Å². The Hall–Kier alpha value is -0.500. The smallest absolute Gasteiger partial charge is 0.0399 e. The highest BCUT2D eigenvalue weighted by Gasteiger charge is 2.16. The zero-order valence-electron chi connectivity index (χ0n) is 7.67. The molecule has 0 N–H and O–H groups in total. The second-order valence-corrected chi connectivity index (χ2v) is 4.20. The van der Waals surface area contributed by atoms with Crippen molar-refractivity contribution < 1.29 is 0 Å². The molecule has 2 heteroatoms. The van der Waals surface area contributed by atoms with E-state index >= 15 is 0 Å². The molecule has 0 atom stereocenters. The first-order valence-electron chi connectivity index (χ1n) is 4.80. The van der Waals surface area contributed by atoms with Crippen LogP contribution < -0.4 is 4.90 Å². The first-order valence-corrected chi connectivity index (χ1v) is 5.93. The predicted octanol–water partition coefficient (Wildman–Crippen LogP) is 2.83. The summed E-state index contributed by atoms with van der Waals surface area (Å²) in [7, 11) is 0. The van der Waals surface area contributed by atoms with E-state index in [0.29, 0.717) is 0 Å². The molecule has 1 aromatic carbocycles. The van der Waals surface area contributed by atoms with Gasteiger partial charge in [0.1, 0.15) is 0 Å². The molecule has 0 spiro atoms. The van der Waals surface area contributed by atoms with Gasteiger partial charge in [0.15, 0.2) is 0 Å². The third-order valence-corrected chi connectivity index (χ3v) is 3.11. The van der Waals surface area contributed by atoms with E-state index in [-0.39, 0.29) is 0 Å². The molecule has 0 bridgehead atoms. The van der Waals surface area contributed by atoms with Crippen LogP contribution in [0.1, 0.15) is 12.0 Å². The lowest BCUT2D eigenvalue weighted by molar-refractivity contribution is 0.804. The zero-order chi connectivity index (χ0) is 9.10. The summed E-state index contributed by atoms with van der Waals surface area (Å²) in [6.07, 6.45) is 2.45. The SMILES string of the molecule is BrCCCN1CCc2ccccc21. The summed E-state index contributed by atoms with van der Waals surface area (Å²) < 4.78 is 0. The largest absolute Gasteiger partial charge is 0.371 e. The number of anilines is 1. The molecule has 1 aliphatic rings. The lowest BCUT2D eigenvalue weighted by Crippen LogP contribution is -2.21. The number of nitrogens with zero attached hydrogens (tertiary/aromatic N) is 1. The fraction of sp³-hybridized carbons (Fsp3) is 0.455. The van der Waals surface area contributed by atoms with Crippen LogP contribution in [0.25, 0.3) is 0 Å². The van der Waals surface area contributed by atoms with Crippen LogP contribution in [0, 0.1) is 0 Å². The van der Waals surface area contributed by atoms with Crippen molar-refractivity contribution in [3.63, 3.8) is 0 Å². The first kappa shape index (κ1) is 9.07. The molecule has 13 heavy (non-hydrogen) atoms. The number of hydrogen-bond acceptors (Lipinski definition) is 1. The summed E-state index contributed by atoms with van der Waals surface area (Å²) in [5.74, 6) is 0. The molecule has 0 saturated carbocycles. The van der Waals surface area contributed by atoms with Gasteiger partial charge in [-0.05, 0) is 24.5 Å². The minimum Gasteiger partial charge on any atom is -0.371 e. The fourth-order valence-corrected chi connectivity index (χ4v) is 2.14. The van der Waals surface area contributed by atoms with Gasteiger partial charge in [0.2, 0.25) is 0 Å². The molecular weight excluding hydrogens is 226 g/mol. The van der Waals surface area contributed by atoms with E-state index in [1.54, 1.807) is 0 Å². The average molecular weight is 240 g/mol. The van der Waals surface area contributed by atoms with E-state index in [4.69, 9.17) is 0 Å². The maximum Gasteiger partial charge on any atom is 0.0399 e. The highest BCUT2D eigenvalue weighted by atomic mass is 79.9. The summed E-state index contributed by atoms with van der Waals surface area (Å²) in [4.78, 5) is 2.48. The molecule has 0 saturated heterocycles. The third kappa shape index (κ3) is 1.88. The van der Waals surface area contributed by atoms with E-state index in [0.717, 1.165) is 5.33 Å². The van der Waals surface area contributed by atoms with Crippen molar-refractivity contribution >= 4 is 21.6 Å². The van der Waals surface area contributed by atoms with Gasteiger partial charge in [0.05, 0.1) is 0 Å². The fourth-order valence-electron chi connectivity index (χ4n) is 1.89. The normalized spacial score (nSPS) is 14.7. The van der Waals surface area contributed by atoms with Crippen molar-refractivity contribution in [3.05, 3.63) is 29.8 Å². The molecule has 0 unspecified atom stereocenters. The molecule has 1 nitrogen and oxygen atoms in total. The maximum atomic E-state index is 3.47. The van der Waals surface area contributed by atoms with Crippen LogP contribution in [0.4, 0.5) is 5.69 Å². The molecule has 0 aliphatic carbocycles. The minimum absolute atomic E-state index is 1.10. The quantitative estimate of drug-likeness (QED) is 0.734. The summed E-state index contributed by atoms with van der Waals surface area (Å²) in [6, 6.07) is 8.73. The standard InChI is InChI=1S/C11H14BrN/c12-7-3-8-13-9-6-10-4-1-2-5-11(10)13/h1-2,4-5H,3,6-9H2. The Bertz CT molecular complexity index is 285. The van der Waals surface area contributed by atoms with Crippen LogP contribution in [0.5, 0.6) is 0 Å². The van der Waals surface area contributed by atoms with Crippen molar-refractivity contribution in [2.45, 2.75) is 12.8 Å². The van der Waals surface area contributed by atoms with Crippen LogP contribution in [-0.2, 0) is 6.42 Å². The highest BCUT2D eigenvalue weighted by molar-refractivity contribution is 9.09. The lowest BCUT2D eigenvalue weighted by atomic mass is 10.2. The molecule has 1 aromatic rings. The van der Waals surface area contributed by atoms with Crippen LogP contribution in [-0.4, -0.2) is 18.4 Å². The second kappa shape index (κ2) is 4.14. The lowest BCUT2D eigenvalue weighted by Gasteiger charge is -2.18. The number of alkyl halides is 1. The summed E-state index contributed by atoms with van der Waals surface area (Å²) in [5.41, 5.74) is 2.96. The van der Waals surface area contributed by atoms with Gasteiger partial charge in [-0.25, -0.2) is 0 Å². The van der Waals surface area contributed by atoms with Gasteiger partial charge in [-0.2, -0.15) is 0 Å². The monoisotopic (exact) mass is 239 g/mol. The van der Waals surface area contributed by atoms with E-state index in [1.165, 1.54) is 37.2 Å². The molecule has 1 aliphatic heterocycles. The Balaban J connectivity index is 2.09. The topological polar surface area (TPSA) is 3.24 Å². The Morgan fingerprint density at radius 2 is 2.15 bits per heavy atom. The number of halogens is 1. The Morgan fingerprint density at radius 3 is 3.00 bits per heavy atom. The van der Waals surface area contributed by atoms with Gasteiger partial charge >= 0.3 is 0 Å². The first-order chi connectivity index (χ1) is 6.42. The number of para-hydroxylation sites is 1. The molecular formula is C11H14BrN. The summed E-state index contributed by atoms with van der Waals surface area (Å²) >= 11 is 3.47. The van der Waals surface area contributed by atoms with Crippen molar-refractivity contribution in [2.75, 3.05) is 23.3 Å². The molecule has 0 aromatic heterocycles. The van der Waals surface area contributed by atoms with E-state index < -0.39 is 0 Å². The molecule has 70 valence electrons. The van der Waals surface area contributed by atoms with Crippen LogP contribution in [0.2, 0.25) is 0 Å². The summed E-state index contributed by atoms with van der Waals surface area (Å²) in [6.45, 7) is 2.38. The zero-order valence-corrected chi connectivity index (χ0v) is 9.26. The van der Waals surface area contributed by atoms with Crippen molar-refractivity contribution in [2.24, 2.45) is 0 Å². The highest BCUT2D eigenvalue weighted by Crippen LogP contribution is 2.27. The van der Waals surface area contributed by atoms with Crippen molar-refractivity contribution in [1.29, 1.82) is 0 Å². The molecule has 0 radical (unpaired) electrons. The number of hydrogen-bond donors (Lipinski definition) is 0. The van der Waals surface area contributed by atoms with Crippen molar-refractivity contribution in [3.8, 4) is 0 Å². The Morgan fingerprint density at radius 1 is 1.31 bits per heavy atom. The third-order valence-electron chi connectivity index (χ3n) is 2.55. The van der Waals surface area contributed by atoms with Gasteiger partial charge in [-0.15, -0.1) is 0 Å². The number of fused-ring (bicyclic) bond motifs is 1. The van der Waals surface area contributed by atoms with Crippen molar-refractivity contribution in [1.82, 2.24) is 0 Å². The van der Waals surface area contributed by atoms with Gasteiger partial charge in [0, 0.05) is 24.1 Å². The molecule has 0 fully saturated rings. The van der Waals surface area contributed by atoms with Crippen LogP contribution in [0.15, 0.2) is 24.3 Å². The summed E-state index contributed by atoms with van der Waals surface area (Å²) in [5, 5.41) is 1.10. The number of rotatable bonds is 3. The molecule has 1 heterocycles. The van der Waals surface area contributed by atoms with Crippen LogP contribution in [0.3, 0.4) is 0 Å².